The summed E-state index contributed by atoms with van der Waals surface area (Å²) in [5.41, 5.74) is 0. The number of ether oxygens (including phenoxy) is 1. The van der Waals surface area contributed by atoms with E-state index in [0.717, 1.165) is 0 Å². The van der Waals surface area contributed by atoms with Crippen LogP contribution in [0.4, 0.5) is 4.39 Å². The van der Waals surface area contributed by atoms with Gasteiger partial charge in [-0.15, -0.1) is 0 Å². The summed E-state index contributed by atoms with van der Waals surface area (Å²) in [6.07, 6.45) is 0. The molecule has 0 aliphatic heterocycles. The standard InChI is InChI=1S/C8H8BrFO2/c1-2-12-6-4-3-5(9)7(10)8(6)11/h3-4,11H,2H2,1H3. The SMILES string of the molecule is CCOc1ccc(Br)c(F)c1O. The van der Waals surface area contributed by atoms with Crippen LogP contribution in [0.5, 0.6) is 11.5 Å². The van der Waals surface area contributed by atoms with Gasteiger partial charge in [-0.1, -0.05) is 0 Å². The van der Waals surface area contributed by atoms with Crippen LogP contribution in [0.2, 0.25) is 0 Å². The molecule has 0 aliphatic rings. The lowest BCUT2D eigenvalue weighted by molar-refractivity contribution is 0.309. The molecule has 1 rings (SSSR count). The number of aromatic hydroxyl groups is 1. The second-order valence-electron chi connectivity index (χ2n) is 2.14. The monoisotopic (exact) mass is 234 g/mol. The van der Waals surface area contributed by atoms with Crippen molar-refractivity contribution in [3.05, 3.63) is 22.4 Å². The summed E-state index contributed by atoms with van der Waals surface area (Å²) >= 11 is 2.94. The fraction of sp³-hybridized carbons (Fsp3) is 0.250. The van der Waals surface area contributed by atoms with Gasteiger partial charge in [-0.25, -0.2) is 4.39 Å². The zero-order chi connectivity index (χ0) is 9.14. The highest BCUT2D eigenvalue weighted by atomic mass is 79.9. The maximum Gasteiger partial charge on any atom is 0.195 e. The van der Waals surface area contributed by atoms with E-state index < -0.39 is 11.6 Å². The fourth-order valence-electron chi connectivity index (χ4n) is 0.794. The minimum Gasteiger partial charge on any atom is -0.502 e. The molecule has 0 aliphatic carbocycles. The molecule has 0 unspecified atom stereocenters. The van der Waals surface area contributed by atoms with Gasteiger partial charge in [0.1, 0.15) is 0 Å². The van der Waals surface area contributed by atoms with Crippen molar-refractivity contribution in [3.63, 3.8) is 0 Å². The van der Waals surface area contributed by atoms with Gasteiger partial charge >= 0.3 is 0 Å². The Morgan fingerprint density at radius 3 is 2.83 bits per heavy atom. The molecule has 0 spiro atoms. The number of hydrogen-bond acceptors (Lipinski definition) is 2. The van der Waals surface area contributed by atoms with E-state index in [0.29, 0.717) is 6.61 Å². The first-order valence-electron chi connectivity index (χ1n) is 3.46. The molecule has 2 nitrogen and oxygen atoms in total. The van der Waals surface area contributed by atoms with Gasteiger partial charge in [-0.2, -0.15) is 0 Å². The van der Waals surface area contributed by atoms with E-state index in [-0.39, 0.29) is 10.2 Å². The molecule has 66 valence electrons. The Morgan fingerprint density at radius 1 is 1.58 bits per heavy atom. The van der Waals surface area contributed by atoms with E-state index in [1.54, 1.807) is 6.92 Å². The van der Waals surface area contributed by atoms with Crippen LogP contribution in [0, 0.1) is 5.82 Å². The van der Waals surface area contributed by atoms with E-state index in [9.17, 15) is 9.50 Å². The molecule has 4 heteroatoms. The molecular weight excluding hydrogens is 227 g/mol. The average molecular weight is 235 g/mol. The maximum atomic E-state index is 12.9. The van der Waals surface area contributed by atoms with Crippen molar-refractivity contribution in [2.75, 3.05) is 6.61 Å². The Morgan fingerprint density at radius 2 is 2.25 bits per heavy atom. The average Bonchev–Trinajstić information content (AvgIpc) is 2.07. The van der Waals surface area contributed by atoms with Crippen LogP contribution in [0.1, 0.15) is 6.92 Å². The van der Waals surface area contributed by atoms with Crippen molar-refractivity contribution < 1.29 is 14.2 Å². The van der Waals surface area contributed by atoms with Gasteiger partial charge in [0.2, 0.25) is 0 Å². The largest absolute Gasteiger partial charge is 0.502 e. The van der Waals surface area contributed by atoms with E-state index in [4.69, 9.17) is 4.74 Å². The molecule has 0 amide bonds. The molecule has 1 N–H and O–H groups in total. The maximum absolute atomic E-state index is 12.9. The van der Waals surface area contributed by atoms with Crippen LogP contribution in [-0.2, 0) is 0 Å². The van der Waals surface area contributed by atoms with Gasteiger partial charge in [-0.05, 0) is 35.0 Å². The number of rotatable bonds is 2. The fourth-order valence-corrected chi connectivity index (χ4v) is 1.11. The molecule has 0 radical (unpaired) electrons. The Hall–Kier alpha value is -0.770. The summed E-state index contributed by atoms with van der Waals surface area (Å²) in [7, 11) is 0. The number of phenolic OH excluding ortho intramolecular Hbond substituents is 1. The predicted octanol–water partition coefficient (Wildman–Crippen LogP) is 2.69. The highest BCUT2D eigenvalue weighted by Crippen LogP contribution is 2.33. The van der Waals surface area contributed by atoms with Gasteiger partial charge in [0.15, 0.2) is 17.3 Å². The van der Waals surface area contributed by atoms with Crippen LogP contribution in [0.25, 0.3) is 0 Å². The molecule has 0 heterocycles. The summed E-state index contributed by atoms with van der Waals surface area (Å²) in [6, 6.07) is 2.99. The Labute approximate surface area is 78.1 Å². The Balaban J connectivity index is 3.08. The smallest absolute Gasteiger partial charge is 0.195 e. The molecule has 0 bridgehead atoms. The van der Waals surface area contributed by atoms with Crippen LogP contribution in [0.3, 0.4) is 0 Å². The third-order valence-corrected chi connectivity index (χ3v) is 1.94. The van der Waals surface area contributed by atoms with Crippen molar-refractivity contribution in [1.29, 1.82) is 0 Å². The molecule has 0 saturated heterocycles. The van der Waals surface area contributed by atoms with Gasteiger partial charge in [-0.3, -0.25) is 0 Å². The van der Waals surface area contributed by atoms with E-state index in [2.05, 4.69) is 15.9 Å². The molecule has 1 aromatic rings. The van der Waals surface area contributed by atoms with Crippen LogP contribution in [-0.4, -0.2) is 11.7 Å². The van der Waals surface area contributed by atoms with Crippen LogP contribution >= 0.6 is 15.9 Å². The summed E-state index contributed by atoms with van der Waals surface area (Å²) in [5, 5.41) is 9.18. The minimum atomic E-state index is -0.694. The van der Waals surface area contributed by atoms with Crippen molar-refractivity contribution >= 4 is 15.9 Å². The van der Waals surface area contributed by atoms with Crippen molar-refractivity contribution in [3.8, 4) is 11.5 Å². The first-order chi connectivity index (χ1) is 5.66. The lowest BCUT2D eigenvalue weighted by Crippen LogP contribution is -1.93. The second kappa shape index (κ2) is 3.76. The van der Waals surface area contributed by atoms with E-state index in [1.807, 2.05) is 0 Å². The number of halogens is 2. The predicted molar refractivity (Wildman–Crippen MR) is 46.9 cm³/mol. The third-order valence-electron chi connectivity index (χ3n) is 1.33. The zero-order valence-corrected chi connectivity index (χ0v) is 8.06. The van der Waals surface area contributed by atoms with Crippen LogP contribution in [0.15, 0.2) is 16.6 Å². The lowest BCUT2D eigenvalue weighted by Gasteiger charge is -2.06. The lowest BCUT2D eigenvalue weighted by atomic mass is 10.3. The normalized spacial score (nSPS) is 9.92. The highest BCUT2D eigenvalue weighted by Gasteiger charge is 2.10. The number of benzene rings is 1. The number of hydrogen-bond donors (Lipinski definition) is 1. The highest BCUT2D eigenvalue weighted by molar-refractivity contribution is 9.10. The first-order valence-corrected chi connectivity index (χ1v) is 4.26. The minimum absolute atomic E-state index is 0.165. The molecule has 1 aromatic carbocycles. The van der Waals surface area contributed by atoms with Crippen molar-refractivity contribution in [2.45, 2.75) is 6.92 Å². The summed E-state index contributed by atoms with van der Waals surface area (Å²) in [6.45, 7) is 2.16. The Bertz CT molecular complexity index is 289. The van der Waals surface area contributed by atoms with Crippen molar-refractivity contribution in [2.24, 2.45) is 0 Å². The Kier molecular flexibility index (Phi) is 2.92. The van der Waals surface area contributed by atoms with Gasteiger partial charge in [0.05, 0.1) is 11.1 Å². The molecule has 0 atom stereocenters. The van der Waals surface area contributed by atoms with Gasteiger partial charge in [0.25, 0.3) is 0 Å². The third kappa shape index (κ3) is 1.69. The van der Waals surface area contributed by atoms with Gasteiger partial charge in [0, 0.05) is 0 Å². The molecule has 0 saturated carbocycles. The topological polar surface area (TPSA) is 29.5 Å². The molecule has 0 aromatic heterocycles. The van der Waals surface area contributed by atoms with Crippen molar-refractivity contribution in [1.82, 2.24) is 0 Å². The molecule has 0 fully saturated rings. The summed E-state index contributed by atoms with van der Waals surface area (Å²) in [4.78, 5) is 0. The van der Waals surface area contributed by atoms with Crippen LogP contribution < -0.4 is 4.74 Å². The molecular formula is C8H8BrFO2. The second-order valence-corrected chi connectivity index (χ2v) is 3.00. The van der Waals surface area contributed by atoms with E-state index >= 15 is 0 Å². The summed E-state index contributed by atoms with van der Waals surface area (Å²) in [5.74, 6) is -0.981. The van der Waals surface area contributed by atoms with Gasteiger partial charge < -0.3 is 9.84 Å². The first kappa shape index (κ1) is 9.32. The van der Waals surface area contributed by atoms with E-state index in [1.165, 1.54) is 12.1 Å². The number of phenols is 1. The molecule has 12 heavy (non-hydrogen) atoms. The summed E-state index contributed by atoms with van der Waals surface area (Å²) < 4.78 is 18.1. The quantitative estimate of drug-likeness (QED) is 0.853. The zero-order valence-electron chi connectivity index (χ0n) is 6.47.